The quantitative estimate of drug-likeness (QED) is 0.314. The molecule has 11 heteroatoms. The molecule has 0 bridgehead atoms. The van der Waals surface area contributed by atoms with Crippen molar-refractivity contribution in [3.8, 4) is 5.75 Å². The number of ether oxygens (including phenoxy) is 3. The van der Waals surface area contributed by atoms with Crippen LogP contribution in [0.4, 0.5) is 0 Å². The van der Waals surface area contributed by atoms with Gasteiger partial charge in [-0.1, -0.05) is 37.5 Å². The first-order chi connectivity index (χ1) is 20.8. The number of methoxy groups -OCH3 is 1. The van der Waals surface area contributed by atoms with Gasteiger partial charge in [0.15, 0.2) is 5.76 Å². The zero-order valence-corrected chi connectivity index (χ0v) is 25.5. The van der Waals surface area contributed by atoms with Crippen LogP contribution in [0.5, 0.6) is 5.75 Å². The Kier molecular flexibility index (Phi) is 10.1. The zero-order chi connectivity index (χ0) is 30.4. The molecular formula is C32H40N2O8S. The number of amides is 1. The van der Waals surface area contributed by atoms with E-state index in [2.05, 4.69) is 0 Å². The number of carbonyl (C=O) groups excluding carboxylic acids is 1. The molecule has 1 aliphatic carbocycles. The van der Waals surface area contributed by atoms with Crippen molar-refractivity contribution in [3.63, 3.8) is 0 Å². The first kappa shape index (κ1) is 31.1. The fraction of sp³-hybridized carbons (Fsp3) is 0.469. The van der Waals surface area contributed by atoms with Crippen molar-refractivity contribution < 1.29 is 36.9 Å². The summed E-state index contributed by atoms with van der Waals surface area (Å²) in [7, 11) is -0.564. The van der Waals surface area contributed by atoms with Gasteiger partial charge in [-0.2, -0.15) is 4.31 Å². The molecular weight excluding hydrogens is 572 g/mol. The van der Waals surface area contributed by atoms with Crippen molar-refractivity contribution in [2.45, 2.75) is 61.7 Å². The van der Waals surface area contributed by atoms with Crippen molar-refractivity contribution in [1.82, 2.24) is 9.21 Å². The number of nitrogens with zero attached hydrogens (tertiary/aromatic N) is 2. The maximum Gasteiger partial charge on any atom is 0.288 e. The molecule has 43 heavy (non-hydrogen) atoms. The van der Waals surface area contributed by atoms with E-state index in [0.717, 1.165) is 42.2 Å². The number of para-hydroxylation sites is 1. The van der Waals surface area contributed by atoms with Crippen molar-refractivity contribution in [2.75, 3.05) is 40.5 Å². The Balaban J connectivity index is 1.32. The van der Waals surface area contributed by atoms with E-state index < -0.39 is 16.3 Å². The summed E-state index contributed by atoms with van der Waals surface area (Å²) in [5, 5.41) is 10.6. The third-order valence-corrected chi connectivity index (χ3v) is 10.2. The molecule has 10 nitrogen and oxygen atoms in total. The smallest absolute Gasteiger partial charge is 0.288 e. The Morgan fingerprint density at radius 3 is 2.51 bits per heavy atom. The third-order valence-electron chi connectivity index (χ3n) is 8.31. The minimum Gasteiger partial charge on any atom is -0.497 e. The number of carbonyl (C=O) groups is 1. The third kappa shape index (κ3) is 7.06. The Hall–Kier alpha value is -3.38. The summed E-state index contributed by atoms with van der Waals surface area (Å²) in [5.74, 6) is 0.357. The molecule has 3 aromatic rings. The minimum atomic E-state index is -3.90. The average Bonchev–Trinajstić information content (AvgIpc) is 3.48. The Morgan fingerprint density at radius 2 is 1.79 bits per heavy atom. The number of likely N-dealkylation sites (N-methyl/N-ethyl adjacent to an activating group) is 1. The van der Waals surface area contributed by atoms with Crippen LogP contribution in [-0.2, 0) is 24.3 Å². The summed E-state index contributed by atoms with van der Waals surface area (Å²) in [6, 6.07) is 14.0. The predicted molar refractivity (Wildman–Crippen MR) is 161 cm³/mol. The molecule has 5 rings (SSSR count). The summed E-state index contributed by atoms with van der Waals surface area (Å²) in [6.07, 6.45) is 8.51. The van der Waals surface area contributed by atoms with E-state index in [1.165, 1.54) is 30.0 Å². The minimum absolute atomic E-state index is 0.00115. The van der Waals surface area contributed by atoms with Gasteiger partial charge in [0.2, 0.25) is 16.3 Å². The highest BCUT2D eigenvalue weighted by Crippen LogP contribution is 2.37. The first-order valence-corrected chi connectivity index (χ1v) is 16.2. The number of hydrogen-bond donors (Lipinski definition) is 1. The van der Waals surface area contributed by atoms with Gasteiger partial charge in [-0.15, -0.1) is 0 Å². The van der Waals surface area contributed by atoms with Gasteiger partial charge in [-0.3, -0.25) is 4.79 Å². The molecule has 1 fully saturated rings. The van der Waals surface area contributed by atoms with Crippen LogP contribution in [0.15, 0.2) is 75.9 Å². The van der Waals surface area contributed by atoms with Gasteiger partial charge in [0.1, 0.15) is 11.3 Å². The maximum atomic E-state index is 13.7. The van der Waals surface area contributed by atoms with E-state index >= 15 is 0 Å². The Labute approximate surface area is 252 Å². The number of sulfonamides is 1. The summed E-state index contributed by atoms with van der Waals surface area (Å²) >= 11 is 0. The highest BCUT2D eigenvalue weighted by Gasteiger charge is 2.34. The molecule has 2 atom stereocenters. The number of furan rings is 1. The van der Waals surface area contributed by atoms with Gasteiger partial charge in [0.05, 0.1) is 31.5 Å². The second kappa shape index (κ2) is 13.9. The lowest BCUT2D eigenvalue weighted by Crippen LogP contribution is -2.41. The van der Waals surface area contributed by atoms with E-state index in [4.69, 9.17) is 18.6 Å². The fourth-order valence-electron chi connectivity index (χ4n) is 5.87. The van der Waals surface area contributed by atoms with Gasteiger partial charge in [0, 0.05) is 49.5 Å². The molecule has 1 saturated carbocycles. The standard InChI is InChI=1S/C32H40N2O8S/c1-33(24-8-4-3-5-9-24)32(36)30-20-23(28-22-41-29-11-7-6-10-27(28)29)21-31(42-30)40-19-17-34(16-18-35)43(37,38)26-14-12-25(39-2)13-15-26/h6-7,10-15,20,22-24,31,35H,3-5,8-9,16-19,21H2,1-2H3. The summed E-state index contributed by atoms with van der Waals surface area (Å²) < 4.78 is 51.0. The molecule has 0 spiro atoms. The van der Waals surface area contributed by atoms with Gasteiger partial charge in [-0.05, 0) is 49.2 Å². The van der Waals surface area contributed by atoms with Gasteiger partial charge < -0.3 is 28.6 Å². The molecule has 2 unspecified atom stereocenters. The van der Waals surface area contributed by atoms with Crippen molar-refractivity contribution >= 4 is 26.9 Å². The summed E-state index contributed by atoms with van der Waals surface area (Å²) in [5.41, 5.74) is 1.69. The highest BCUT2D eigenvalue weighted by molar-refractivity contribution is 7.89. The van der Waals surface area contributed by atoms with E-state index in [9.17, 15) is 18.3 Å². The molecule has 0 saturated heterocycles. The molecule has 0 radical (unpaired) electrons. The Bertz CT molecular complexity index is 1510. The van der Waals surface area contributed by atoms with Crippen LogP contribution >= 0.6 is 0 Å². The molecule has 2 aliphatic rings. The molecule has 1 aromatic heterocycles. The number of aliphatic hydroxyl groups excluding tert-OH is 1. The van der Waals surface area contributed by atoms with Gasteiger partial charge in [0.25, 0.3) is 5.91 Å². The summed E-state index contributed by atoms with van der Waals surface area (Å²) in [6.45, 7) is -0.454. The topological polar surface area (TPSA) is 119 Å². The van der Waals surface area contributed by atoms with E-state index in [1.807, 2.05) is 37.4 Å². The summed E-state index contributed by atoms with van der Waals surface area (Å²) in [4.78, 5) is 15.5. The maximum absolute atomic E-state index is 13.7. The van der Waals surface area contributed by atoms with Crippen molar-refractivity contribution in [2.24, 2.45) is 0 Å². The second-order valence-electron chi connectivity index (χ2n) is 11.0. The number of rotatable bonds is 12. The molecule has 1 aliphatic heterocycles. The molecule has 1 amide bonds. The van der Waals surface area contributed by atoms with Gasteiger partial charge in [-0.25, -0.2) is 8.42 Å². The number of aliphatic hydroxyl groups is 1. The van der Waals surface area contributed by atoms with E-state index in [0.29, 0.717) is 12.2 Å². The van der Waals surface area contributed by atoms with Crippen LogP contribution in [0.2, 0.25) is 0 Å². The lowest BCUT2D eigenvalue weighted by atomic mass is 9.91. The van der Waals surface area contributed by atoms with E-state index in [-0.39, 0.29) is 54.8 Å². The fourth-order valence-corrected chi connectivity index (χ4v) is 7.28. The van der Waals surface area contributed by atoms with E-state index in [1.54, 1.807) is 23.3 Å². The van der Waals surface area contributed by atoms with Crippen LogP contribution in [0.1, 0.15) is 50.0 Å². The normalized spacial score (nSPS) is 19.7. The molecule has 1 N–H and O–H groups in total. The van der Waals surface area contributed by atoms with Crippen molar-refractivity contribution in [3.05, 3.63) is 72.2 Å². The number of fused-ring (bicyclic) bond motifs is 1. The van der Waals surface area contributed by atoms with Crippen molar-refractivity contribution in [1.29, 1.82) is 0 Å². The molecule has 232 valence electrons. The predicted octanol–water partition coefficient (Wildman–Crippen LogP) is 4.65. The zero-order valence-electron chi connectivity index (χ0n) is 24.7. The average molecular weight is 613 g/mol. The first-order valence-electron chi connectivity index (χ1n) is 14.8. The van der Waals surface area contributed by atoms with Crippen LogP contribution < -0.4 is 4.74 Å². The molecule has 2 heterocycles. The van der Waals surface area contributed by atoms with Crippen LogP contribution in [-0.4, -0.2) is 81.4 Å². The monoisotopic (exact) mass is 612 g/mol. The number of hydrogen-bond acceptors (Lipinski definition) is 8. The molecule has 2 aromatic carbocycles. The van der Waals surface area contributed by atoms with Crippen LogP contribution in [0, 0.1) is 0 Å². The number of benzene rings is 2. The second-order valence-corrected chi connectivity index (χ2v) is 12.9. The van der Waals surface area contributed by atoms with Crippen LogP contribution in [0.25, 0.3) is 11.0 Å². The SMILES string of the molecule is COc1ccc(S(=O)(=O)N(CCO)CCOC2CC(c3coc4ccccc34)C=C(C(=O)N(C)C3CCCCC3)O2)cc1. The lowest BCUT2D eigenvalue weighted by Gasteiger charge is -2.34. The lowest BCUT2D eigenvalue weighted by molar-refractivity contribution is -0.153. The largest absolute Gasteiger partial charge is 0.497 e. The number of allylic oxidation sites excluding steroid dienone is 1. The van der Waals surface area contributed by atoms with Crippen LogP contribution in [0.3, 0.4) is 0 Å². The Morgan fingerprint density at radius 1 is 1.05 bits per heavy atom. The van der Waals surface area contributed by atoms with Gasteiger partial charge >= 0.3 is 0 Å². The highest BCUT2D eigenvalue weighted by atomic mass is 32.2.